The first kappa shape index (κ1) is 8.97. The van der Waals surface area contributed by atoms with Crippen LogP contribution in [0.15, 0.2) is 16.6 Å². The van der Waals surface area contributed by atoms with Crippen molar-refractivity contribution in [2.45, 2.75) is 12.5 Å². The first-order valence-electron chi connectivity index (χ1n) is 3.99. The molecule has 0 aromatic heterocycles. The SMILES string of the molecule is OC1CCOc2c1ccc(F)c2Br. The maximum Gasteiger partial charge on any atom is 0.142 e. The number of benzene rings is 1. The van der Waals surface area contributed by atoms with E-state index in [9.17, 15) is 9.50 Å². The lowest BCUT2D eigenvalue weighted by molar-refractivity contribution is 0.114. The highest BCUT2D eigenvalue weighted by molar-refractivity contribution is 9.10. The molecule has 13 heavy (non-hydrogen) atoms. The van der Waals surface area contributed by atoms with Gasteiger partial charge < -0.3 is 9.84 Å². The van der Waals surface area contributed by atoms with E-state index in [4.69, 9.17) is 4.74 Å². The molecule has 0 saturated carbocycles. The highest BCUT2D eigenvalue weighted by Gasteiger charge is 2.22. The van der Waals surface area contributed by atoms with Gasteiger partial charge in [0.1, 0.15) is 11.6 Å². The molecule has 0 amide bonds. The summed E-state index contributed by atoms with van der Waals surface area (Å²) >= 11 is 3.08. The highest BCUT2D eigenvalue weighted by Crippen LogP contribution is 2.38. The minimum absolute atomic E-state index is 0.295. The van der Waals surface area contributed by atoms with E-state index in [0.29, 0.717) is 28.8 Å². The summed E-state index contributed by atoms with van der Waals surface area (Å²) in [6.07, 6.45) is 0.0195. The summed E-state index contributed by atoms with van der Waals surface area (Å²) in [7, 11) is 0. The number of hydrogen-bond donors (Lipinski definition) is 1. The summed E-state index contributed by atoms with van der Waals surface area (Å²) in [6, 6.07) is 2.88. The van der Waals surface area contributed by atoms with Gasteiger partial charge in [-0.2, -0.15) is 0 Å². The average molecular weight is 247 g/mol. The molecule has 0 radical (unpaired) electrons. The second-order valence-electron chi connectivity index (χ2n) is 2.93. The predicted octanol–water partition coefficient (Wildman–Crippen LogP) is 2.40. The molecule has 1 unspecified atom stereocenters. The molecule has 1 N–H and O–H groups in total. The summed E-state index contributed by atoms with van der Waals surface area (Å²) in [6.45, 7) is 0.427. The lowest BCUT2D eigenvalue weighted by Gasteiger charge is -2.22. The molecular weight excluding hydrogens is 239 g/mol. The first-order valence-corrected chi connectivity index (χ1v) is 4.78. The van der Waals surface area contributed by atoms with E-state index < -0.39 is 6.10 Å². The maximum atomic E-state index is 13.0. The molecule has 1 aromatic carbocycles. The summed E-state index contributed by atoms with van der Waals surface area (Å²) in [5, 5.41) is 9.55. The van der Waals surface area contributed by atoms with Crippen molar-refractivity contribution in [3.63, 3.8) is 0 Å². The summed E-state index contributed by atoms with van der Waals surface area (Å²) < 4.78 is 18.6. The lowest BCUT2D eigenvalue weighted by atomic mass is 10.0. The third-order valence-corrected chi connectivity index (χ3v) is 2.82. The van der Waals surface area contributed by atoms with Gasteiger partial charge in [-0.1, -0.05) is 0 Å². The number of aliphatic hydroxyl groups is 1. The van der Waals surface area contributed by atoms with E-state index in [-0.39, 0.29) is 5.82 Å². The van der Waals surface area contributed by atoms with Crippen molar-refractivity contribution in [2.24, 2.45) is 0 Å². The van der Waals surface area contributed by atoms with Crippen molar-refractivity contribution in [1.29, 1.82) is 0 Å². The molecule has 2 nitrogen and oxygen atoms in total. The van der Waals surface area contributed by atoms with Gasteiger partial charge in [-0.25, -0.2) is 4.39 Å². The van der Waals surface area contributed by atoms with Crippen LogP contribution in [0, 0.1) is 5.82 Å². The topological polar surface area (TPSA) is 29.5 Å². The maximum absolute atomic E-state index is 13.0. The van der Waals surface area contributed by atoms with Gasteiger partial charge in [0.15, 0.2) is 0 Å². The molecule has 4 heteroatoms. The zero-order valence-electron chi connectivity index (χ0n) is 6.76. The van der Waals surface area contributed by atoms with E-state index >= 15 is 0 Å². The molecule has 0 saturated heterocycles. The molecule has 1 heterocycles. The van der Waals surface area contributed by atoms with Crippen molar-refractivity contribution in [1.82, 2.24) is 0 Å². The quantitative estimate of drug-likeness (QED) is 0.762. The van der Waals surface area contributed by atoms with Crippen LogP contribution < -0.4 is 4.74 Å². The third kappa shape index (κ3) is 1.44. The van der Waals surface area contributed by atoms with Gasteiger partial charge in [-0.3, -0.25) is 0 Å². The van der Waals surface area contributed by atoms with Gasteiger partial charge in [0.05, 0.1) is 17.2 Å². The lowest BCUT2D eigenvalue weighted by Crippen LogP contribution is -2.14. The van der Waals surface area contributed by atoms with Crippen LogP contribution in [0.25, 0.3) is 0 Å². The molecular formula is C9H8BrFO2. The van der Waals surface area contributed by atoms with E-state index in [0.717, 1.165) is 0 Å². The Hall–Kier alpha value is -0.610. The Kier molecular flexibility index (Phi) is 2.26. The van der Waals surface area contributed by atoms with Gasteiger partial charge in [-0.05, 0) is 28.1 Å². The van der Waals surface area contributed by atoms with Crippen LogP contribution in [0.3, 0.4) is 0 Å². The standard InChI is InChI=1S/C9H8BrFO2/c10-8-6(11)2-1-5-7(12)3-4-13-9(5)8/h1-2,7,12H,3-4H2. The molecule has 0 spiro atoms. The summed E-state index contributed by atoms with van der Waals surface area (Å²) in [5.41, 5.74) is 0.652. The molecule has 0 aliphatic carbocycles. The van der Waals surface area contributed by atoms with Crippen molar-refractivity contribution in [3.8, 4) is 5.75 Å². The Balaban J connectivity index is 2.56. The molecule has 0 fully saturated rings. The van der Waals surface area contributed by atoms with Gasteiger partial charge in [0, 0.05) is 12.0 Å². The smallest absolute Gasteiger partial charge is 0.142 e. The molecule has 0 bridgehead atoms. The number of halogens is 2. The predicted molar refractivity (Wildman–Crippen MR) is 49.2 cm³/mol. The first-order chi connectivity index (χ1) is 6.20. The second-order valence-corrected chi connectivity index (χ2v) is 3.73. The van der Waals surface area contributed by atoms with Crippen LogP contribution in [0.5, 0.6) is 5.75 Å². The van der Waals surface area contributed by atoms with E-state index in [1.54, 1.807) is 6.07 Å². The molecule has 2 rings (SSSR count). The Labute approximate surface area is 83.5 Å². The number of hydrogen-bond acceptors (Lipinski definition) is 2. The van der Waals surface area contributed by atoms with Crippen molar-refractivity contribution in [3.05, 3.63) is 28.0 Å². The fraction of sp³-hybridized carbons (Fsp3) is 0.333. The Morgan fingerprint density at radius 2 is 2.31 bits per heavy atom. The average Bonchev–Trinajstić information content (AvgIpc) is 2.12. The molecule has 1 aromatic rings. The van der Waals surface area contributed by atoms with Crippen molar-refractivity contribution < 1.29 is 14.2 Å². The largest absolute Gasteiger partial charge is 0.492 e. The fourth-order valence-corrected chi connectivity index (χ4v) is 1.86. The van der Waals surface area contributed by atoms with Gasteiger partial charge in [-0.15, -0.1) is 0 Å². The molecule has 1 atom stereocenters. The van der Waals surface area contributed by atoms with Gasteiger partial charge in [0.25, 0.3) is 0 Å². The number of fused-ring (bicyclic) bond motifs is 1. The zero-order valence-corrected chi connectivity index (χ0v) is 8.34. The highest BCUT2D eigenvalue weighted by atomic mass is 79.9. The molecule has 1 aliphatic rings. The van der Waals surface area contributed by atoms with Gasteiger partial charge in [0.2, 0.25) is 0 Å². The van der Waals surface area contributed by atoms with Crippen LogP contribution in [0.4, 0.5) is 4.39 Å². The van der Waals surface area contributed by atoms with Crippen LogP contribution in [0.2, 0.25) is 0 Å². The third-order valence-electron chi connectivity index (χ3n) is 2.08. The second kappa shape index (κ2) is 3.27. The number of rotatable bonds is 0. The number of ether oxygens (including phenoxy) is 1. The van der Waals surface area contributed by atoms with Crippen LogP contribution in [-0.4, -0.2) is 11.7 Å². The minimum Gasteiger partial charge on any atom is -0.492 e. The normalized spacial score (nSPS) is 20.7. The summed E-state index contributed by atoms with van der Waals surface area (Å²) in [5.74, 6) is 0.0617. The Morgan fingerprint density at radius 1 is 1.54 bits per heavy atom. The fourth-order valence-electron chi connectivity index (χ4n) is 1.38. The molecule has 70 valence electrons. The minimum atomic E-state index is -0.541. The van der Waals surface area contributed by atoms with Crippen LogP contribution in [-0.2, 0) is 0 Å². The Bertz CT molecular complexity index is 341. The van der Waals surface area contributed by atoms with Crippen molar-refractivity contribution >= 4 is 15.9 Å². The van der Waals surface area contributed by atoms with Crippen LogP contribution in [0.1, 0.15) is 18.1 Å². The molecule has 1 aliphatic heterocycles. The van der Waals surface area contributed by atoms with Gasteiger partial charge >= 0.3 is 0 Å². The summed E-state index contributed by atoms with van der Waals surface area (Å²) in [4.78, 5) is 0. The van der Waals surface area contributed by atoms with Crippen LogP contribution >= 0.6 is 15.9 Å². The zero-order chi connectivity index (χ0) is 9.42. The Morgan fingerprint density at radius 3 is 3.08 bits per heavy atom. The van der Waals surface area contributed by atoms with E-state index in [1.165, 1.54) is 6.07 Å². The monoisotopic (exact) mass is 246 g/mol. The van der Waals surface area contributed by atoms with E-state index in [2.05, 4.69) is 15.9 Å². The van der Waals surface area contributed by atoms with E-state index in [1.807, 2.05) is 0 Å². The van der Waals surface area contributed by atoms with Crippen molar-refractivity contribution in [2.75, 3.05) is 6.61 Å². The number of aliphatic hydroxyl groups excluding tert-OH is 1.